The summed E-state index contributed by atoms with van der Waals surface area (Å²) < 4.78 is 0. The third kappa shape index (κ3) is 4.65. The molecule has 0 radical (unpaired) electrons. The van der Waals surface area contributed by atoms with E-state index < -0.39 is 0 Å². The first-order valence-corrected chi connectivity index (χ1v) is 7.52. The summed E-state index contributed by atoms with van der Waals surface area (Å²) >= 11 is 0. The zero-order valence-corrected chi connectivity index (χ0v) is 13.7. The first-order chi connectivity index (χ1) is 8.75. The van der Waals surface area contributed by atoms with Gasteiger partial charge in [-0.3, -0.25) is 0 Å². The zero-order chi connectivity index (χ0) is 14.6. The van der Waals surface area contributed by atoms with Crippen molar-refractivity contribution < 1.29 is 0 Å². The SMILES string of the molecule is CNC(C)C(Cc1ccc(C(C)(C)C)cc1)C(C)C. The van der Waals surface area contributed by atoms with Crippen molar-refractivity contribution in [2.75, 3.05) is 7.05 Å². The maximum Gasteiger partial charge on any atom is 0.00696 e. The van der Waals surface area contributed by atoms with Crippen molar-refractivity contribution in [2.24, 2.45) is 11.8 Å². The van der Waals surface area contributed by atoms with Gasteiger partial charge in [-0.2, -0.15) is 0 Å². The van der Waals surface area contributed by atoms with E-state index in [0.717, 1.165) is 6.42 Å². The van der Waals surface area contributed by atoms with Crippen LogP contribution in [-0.4, -0.2) is 13.1 Å². The fourth-order valence-electron chi connectivity index (χ4n) is 2.62. The second-order valence-corrected chi connectivity index (χ2v) is 7.14. The highest BCUT2D eigenvalue weighted by Gasteiger charge is 2.20. The van der Waals surface area contributed by atoms with Crippen LogP contribution in [0.1, 0.15) is 52.7 Å². The van der Waals surface area contributed by atoms with Gasteiger partial charge in [0.1, 0.15) is 0 Å². The van der Waals surface area contributed by atoms with Crippen LogP contribution < -0.4 is 5.32 Å². The summed E-state index contributed by atoms with van der Waals surface area (Å²) in [6.07, 6.45) is 1.16. The molecule has 0 aliphatic carbocycles. The quantitative estimate of drug-likeness (QED) is 0.828. The number of rotatable bonds is 5. The molecule has 108 valence electrons. The van der Waals surface area contributed by atoms with Gasteiger partial charge >= 0.3 is 0 Å². The Kier molecular flexibility index (Phi) is 5.61. The van der Waals surface area contributed by atoms with E-state index in [0.29, 0.717) is 17.9 Å². The molecule has 0 amide bonds. The van der Waals surface area contributed by atoms with E-state index in [9.17, 15) is 0 Å². The number of hydrogen-bond acceptors (Lipinski definition) is 1. The molecule has 2 atom stereocenters. The molecule has 0 spiro atoms. The van der Waals surface area contributed by atoms with E-state index in [2.05, 4.69) is 78.2 Å². The molecule has 1 heteroatoms. The first-order valence-electron chi connectivity index (χ1n) is 7.52. The van der Waals surface area contributed by atoms with Gasteiger partial charge in [0.25, 0.3) is 0 Å². The standard InChI is InChI=1S/C18H31N/c1-13(2)17(14(3)19-7)12-15-8-10-16(11-9-15)18(4,5)6/h8-11,13-14,17,19H,12H2,1-7H3. The fraction of sp³-hybridized carbons (Fsp3) is 0.667. The summed E-state index contributed by atoms with van der Waals surface area (Å²) in [6, 6.07) is 9.74. The number of benzene rings is 1. The Hall–Kier alpha value is -0.820. The Morgan fingerprint density at radius 1 is 1.00 bits per heavy atom. The van der Waals surface area contributed by atoms with Crippen LogP contribution in [0.3, 0.4) is 0 Å². The van der Waals surface area contributed by atoms with Crippen LogP contribution in [-0.2, 0) is 11.8 Å². The zero-order valence-electron chi connectivity index (χ0n) is 13.7. The number of nitrogens with one attached hydrogen (secondary N) is 1. The van der Waals surface area contributed by atoms with Crippen molar-refractivity contribution in [3.63, 3.8) is 0 Å². The summed E-state index contributed by atoms with van der Waals surface area (Å²) in [7, 11) is 2.06. The van der Waals surface area contributed by atoms with E-state index in [1.54, 1.807) is 0 Å². The number of hydrogen-bond donors (Lipinski definition) is 1. The monoisotopic (exact) mass is 261 g/mol. The third-order valence-electron chi connectivity index (χ3n) is 4.25. The Labute approximate surface area is 119 Å². The Bertz CT molecular complexity index is 370. The molecule has 1 N–H and O–H groups in total. The van der Waals surface area contributed by atoms with Gasteiger partial charge in [0, 0.05) is 6.04 Å². The van der Waals surface area contributed by atoms with Gasteiger partial charge in [0.15, 0.2) is 0 Å². The minimum absolute atomic E-state index is 0.244. The van der Waals surface area contributed by atoms with Crippen LogP contribution in [0.25, 0.3) is 0 Å². The van der Waals surface area contributed by atoms with E-state index >= 15 is 0 Å². The van der Waals surface area contributed by atoms with Crippen molar-refractivity contribution >= 4 is 0 Å². The molecule has 1 rings (SSSR count). The molecule has 1 aromatic rings. The fourth-order valence-corrected chi connectivity index (χ4v) is 2.62. The Morgan fingerprint density at radius 2 is 1.53 bits per heavy atom. The van der Waals surface area contributed by atoms with Crippen molar-refractivity contribution in [1.82, 2.24) is 5.32 Å². The van der Waals surface area contributed by atoms with Gasteiger partial charge in [-0.05, 0) is 48.8 Å². The summed E-state index contributed by atoms with van der Waals surface area (Å²) in [4.78, 5) is 0. The lowest BCUT2D eigenvalue weighted by Crippen LogP contribution is -2.35. The lowest BCUT2D eigenvalue weighted by Gasteiger charge is -2.27. The second kappa shape index (κ2) is 6.56. The van der Waals surface area contributed by atoms with Crippen LogP contribution in [0.4, 0.5) is 0 Å². The van der Waals surface area contributed by atoms with Crippen molar-refractivity contribution in [3.8, 4) is 0 Å². The van der Waals surface area contributed by atoms with Crippen LogP contribution in [0.15, 0.2) is 24.3 Å². The van der Waals surface area contributed by atoms with Gasteiger partial charge in [-0.1, -0.05) is 58.9 Å². The highest BCUT2D eigenvalue weighted by atomic mass is 14.9. The third-order valence-corrected chi connectivity index (χ3v) is 4.25. The second-order valence-electron chi connectivity index (χ2n) is 7.14. The molecular formula is C18H31N. The molecule has 0 saturated heterocycles. The van der Waals surface area contributed by atoms with E-state index in [4.69, 9.17) is 0 Å². The summed E-state index contributed by atoms with van der Waals surface area (Å²) in [5.41, 5.74) is 3.11. The van der Waals surface area contributed by atoms with Crippen molar-refractivity contribution in [2.45, 2.75) is 59.4 Å². The molecule has 1 aromatic carbocycles. The lowest BCUT2D eigenvalue weighted by molar-refractivity contribution is 0.300. The van der Waals surface area contributed by atoms with E-state index in [-0.39, 0.29) is 5.41 Å². The van der Waals surface area contributed by atoms with E-state index in [1.807, 2.05) is 0 Å². The molecule has 0 heterocycles. The summed E-state index contributed by atoms with van der Waals surface area (Å²) in [5, 5.41) is 3.40. The van der Waals surface area contributed by atoms with Crippen LogP contribution in [0, 0.1) is 11.8 Å². The smallest absolute Gasteiger partial charge is 0.00696 e. The van der Waals surface area contributed by atoms with E-state index in [1.165, 1.54) is 11.1 Å². The predicted molar refractivity (Wildman–Crippen MR) is 85.7 cm³/mol. The topological polar surface area (TPSA) is 12.0 Å². The highest BCUT2D eigenvalue weighted by Crippen LogP contribution is 2.25. The predicted octanol–water partition coefficient (Wildman–Crippen LogP) is 4.41. The van der Waals surface area contributed by atoms with Gasteiger partial charge in [-0.15, -0.1) is 0 Å². The molecular weight excluding hydrogens is 230 g/mol. The van der Waals surface area contributed by atoms with Gasteiger partial charge < -0.3 is 5.32 Å². The van der Waals surface area contributed by atoms with Gasteiger partial charge in [-0.25, -0.2) is 0 Å². The molecule has 0 aliphatic rings. The average Bonchev–Trinajstić information content (AvgIpc) is 2.34. The molecule has 1 nitrogen and oxygen atoms in total. The van der Waals surface area contributed by atoms with Crippen molar-refractivity contribution in [3.05, 3.63) is 35.4 Å². The molecule has 2 unspecified atom stereocenters. The maximum absolute atomic E-state index is 3.40. The summed E-state index contributed by atoms with van der Waals surface area (Å²) in [6.45, 7) is 13.7. The van der Waals surface area contributed by atoms with Crippen molar-refractivity contribution in [1.29, 1.82) is 0 Å². The lowest BCUT2D eigenvalue weighted by atomic mass is 9.82. The van der Waals surface area contributed by atoms with Gasteiger partial charge in [0.2, 0.25) is 0 Å². The van der Waals surface area contributed by atoms with Gasteiger partial charge in [0.05, 0.1) is 0 Å². The van der Waals surface area contributed by atoms with Crippen LogP contribution in [0.5, 0.6) is 0 Å². The average molecular weight is 261 g/mol. The molecule has 0 fully saturated rings. The molecule has 0 saturated carbocycles. The molecule has 0 bridgehead atoms. The minimum atomic E-state index is 0.244. The largest absolute Gasteiger partial charge is 0.317 e. The van der Waals surface area contributed by atoms with Crippen LogP contribution in [0.2, 0.25) is 0 Å². The molecule has 0 aliphatic heterocycles. The Balaban J connectivity index is 2.81. The molecule has 0 aromatic heterocycles. The highest BCUT2D eigenvalue weighted by molar-refractivity contribution is 5.27. The minimum Gasteiger partial charge on any atom is -0.317 e. The normalized spacial score (nSPS) is 15.6. The maximum atomic E-state index is 3.40. The first kappa shape index (κ1) is 16.2. The Morgan fingerprint density at radius 3 is 1.89 bits per heavy atom. The van der Waals surface area contributed by atoms with Crippen LogP contribution >= 0.6 is 0 Å². The summed E-state index contributed by atoms with van der Waals surface area (Å²) in [5.74, 6) is 1.38. The molecule has 19 heavy (non-hydrogen) atoms.